The van der Waals surface area contributed by atoms with Crippen LogP contribution in [0, 0.1) is 0 Å². The van der Waals surface area contributed by atoms with Crippen LogP contribution in [-0.2, 0) is 0 Å². The summed E-state index contributed by atoms with van der Waals surface area (Å²) in [6, 6.07) is 0. The fraction of sp³-hybridized carbons (Fsp3) is 1.00. The van der Waals surface area contributed by atoms with Gasteiger partial charge in [-0.05, 0) is 39.2 Å². The molecule has 1 unspecified atom stereocenters. The number of rotatable bonds is 4. The molecular weight excluding hydrogens is 208 g/mol. The van der Waals surface area contributed by atoms with Crippen molar-refractivity contribution >= 4 is 0 Å². The molecule has 0 aromatic heterocycles. The van der Waals surface area contributed by atoms with E-state index in [9.17, 15) is 0 Å². The van der Waals surface area contributed by atoms with Gasteiger partial charge in [0.25, 0.3) is 0 Å². The molecule has 0 amide bonds. The van der Waals surface area contributed by atoms with Crippen molar-refractivity contribution in [2.45, 2.75) is 76.8 Å². The molecule has 2 fully saturated rings. The Morgan fingerprint density at radius 2 is 1.88 bits per heavy atom. The van der Waals surface area contributed by atoms with Gasteiger partial charge >= 0.3 is 0 Å². The van der Waals surface area contributed by atoms with Crippen molar-refractivity contribution in [1.29, 1.82) is 0 Å². The van der Waals surface area contributed by atoms with Crippen LogP contribution in [0.1, 0.15) is 65.7 Å². The first-order chi connectivity index (χ1) is 8.14. The van der Waals surface area contributed by atoms with Crippen molar-refractivity contribution in [3.05, 3.63) is 0 Å². The van der Waals surface area contributed by atoms with E-state index in [1.54, 1.807) is 0 Å². The molecule has 17 heavy (non-hydrogen) atoms. The normalized spacial score (nSPS) is 33.4. The van der Waals surface area contributed by atoms with Gasteiger partial charge in [0.15, 0.2) is 0 Å². The van der Waals surface area contributed by atoms with E-state index in [0.29, 0.717) is 11.1 Å². The van der Waals surface area contributed by atoms with Crippen LogP contribution in [0.25, 0.3) is 0 Å². The zero-order valence-corrected chi connectivity index (χ0v) is 12.0. The van der Waals surface area contributed by atoms with E-state index in [-0.39, 0.29) is 0 Å². The maximum atomic E-state index is 3.84. The van der Waals surface area contributed by atoms with E-state index in [1.165, 1.54) is 64.6 Å². The molecule has 1 spiro atoms. The molecular formula is C15H30N2. The molecule has 100 valence electrons. The van der Waals surface area contributed by atoms with Crippen molar-refractivity contribution in [2.75, 3.05) is 19.6 Å². The maximum absolute atomic E-state index is 3.84. The molecule has 2 heteroatoms. The lowest BCUT2D eigenvalue weighted by molar-refractivity contribution is 0.0110. The molecule has 1 saturated heterocycles. The summed E-state index contributed by atoms with van der Waals surface area (Å²) in [4.78, 5) is 2.84. The molecule has 0 aromatic rings. The first-order valence-electron chi connectivity index (χ1n) is 7.64. The molecule has 0 bridgehead atoms. The van der Waals surface area contributed by atoms with Crippen molar-refractivity contribution in [1.82, 2.24) is 10.2 Å². The molecule has 0 aromatic carbocycles. The second kappa shape index (κ2) is 5.27. The Hall–Kier alpha value is -0.0800. The Kier molecular flexibility index (Phi) is 4.14. The molecule has 1 atom stereocenters. The molecule has 1 heterocycles. The first kappa shape index (κ1) is 13.4. The van der Waals surface area contributed by atoms with Crippen LogP contribution in [0.3, 0.4) is 0 Å². The Morgan fingerprint density at radius 1 is 1.18 bits per heavy atom. The van der Waals surface area contributed by atoms with Gasteiger partial charge in [-0.3, -0.25) is 4.90 Å². The molecule has 1 N–H and O–H groups in total. The van der Waals surface area contributed by atoms with E-state index >= 15 is 0 Å². The predicted octanol–water partition coefficient (Wildman–Crippen LogP) is 3.17. The number of hydrogen-bond acceptors (Lipinski definition) is 2. The lowest BCUT2D eigenvalue weighted by Gasteiger charge is -2.52. The van der Waals surface area contributed by atoms with Gasteiger partial charge in [-0.2, -0.15) is 0 Å². The monoisotopic (exact) mass is 238 g/mol. The quantitative estimate of drug-likeness (QED) is 0.809. The molecule has 2 aliphatic rings. The Labute approximate surface area is 107 Å². The largest absolute Gasteiger partial charge is 0.308 e. The summed E-state index contributed by atoms with van der Waals surface area (Å²) >= 11 is 0. The predicted molar refractivity (Wildman–Crippen MR) is 74.4 cm³/mol. The van der Waals surface area contributed by atoms with Crippen LogP contribution in [0.2, 0.25) is 0 Å². The maximum Gasteiger partial charge on any atom is 0.0334 e. The molecule has 2 rings (SSSR count). The average Bonchev–Trinajstić information content (AvgIpc) is 2.81. The van der Waals surface area contributed by atoms with E-state index in [4.69, 9.17) is 0 Å². The van der Waals surface area contributed by atoms with Gasteiger partial charge in [0, 0.05) is 24.2 Å². The minimum absolute atomic E-state index is 0.349. The summed E-state index contributed by atoms with van der Waals surface area (Å²) in [5, 5.41) is 3.84. The zero-order chi connectivity index (χ0) is 12.4. The van der Waals surface area contributed by atoms with Gasteiger partial charge in [-0.25, -0.2) is 0 Å². The molecule has 1 aliphatic carbocycles. The van der Waals surface area contributed by atoms with Crippen LogP contribution in [-0.4, -0.2) is 35.6 Å². The van der Waals surface area contributed by atoms with Gasteiger partial charge in [0.05, 0.1) is 0 Å². The van der Waals surface area contributed by atoms with Gasteiger partial charge in [0.1, 0.15) is 0 Å². The summed E-state index contributed by atoms with van der Waals surface area (Å²) < 4.78 is 0. The fourth-order valence-electron chi connectivity index (χ4n) is 3.56. The standard InChI is InChI=1S/C15H30N2/c1-4-6-11-17-13-14(3,5-2)16-12-15(17)9-7-8-10-15/h16H,4-13H2,1-3H3. The molecule has 1 aliphatic heterocycles. The smallest absolute Gasteiger partial charge is 0.0334 e. The van der Waals surface area contributed by atoms with E-state index in [2.05, 4.69) is 31.0 Å². The number of unbranched alkanes of at least 4 members (excludes halogenated alkanes) is 1. The first-order valence-corrected chi connectivity index (χ1v) is 7.64. The summed E-state index contributed by atoms with van der Waals surface area (Å²) in [6.45, 7) is 10.8. The van der Waals surface area contributed by atoms with Crippen LogP contribution >= 0.6 is 0 Å². The van der Waals surface area contributed by atoms with Gasteiger partial charge in [-0.15, -0.1) is 0 Å². The van der Waals surface area contributed by atoms with Crippen molar-refractivity contribution in [3.63, 3.8) is 0 Å². The highest BCUT2D eigenvalue weighted by Gasteiger charge is 2.45. The zero-order valence-electron chi connectivity index (χ0n) is 12.0. The Bertz CT molecular complexity index is 245. The van der Waals surface area contributed by atoms with Crippen molar-refractivity contribution < 1.29 is 0 Å². The molecule has 0 radical (unpaired) electrons. The number of hydrogen-bond donors (Lipinski definition) is 1. The summed E-state index contributed by atoms with van der Waals surface area (Å²) in [6.07, 6.45) is 9.64. The van der Waals surface area contributed by atoms with E-state index in [0.717, 1.165) is 0 Å². The minimum atomic E-state index is 0.349. The molecule has 1 saturated carbocycles. The van der Waals surface area contributed by atoms with Crippen LogP contribution in [0.5, 0.6) is 0 Å². The lowest BCUT2D eigenvalue weighted by atomic mass is 9.85. The average molecular weight is 238 g/mol. The lowest BCUT2D eigenvalue weighted by Crippen LogP contribution is -2.68. The third-order valence-electron chi connectivity index (χ3n) is 5.15. The second-order valence-electron chi connectivity index (χ2n) is 6.47. The highest BCUT2D eigenvalue weighted by Crippen LogP contribution is 2.39. The number of piperazine rings is 1. The van der Waals surface area contributed by atoms with Crippen LogP contribution in [0.15, 0.2) is 0 Å². The third-order valence-corrected chi connectivity index (χ3v) is 5.15. The van der Waals surface area contributed by atoms with Crippen LogP contribution in [0.4, 0.5) is 0 Å². The van der Waals surface area contributed by atoms with Gasteiger partial charge in [0.2, 0.25) is 0 Å². The Balaban J connectivity index is 2.06. The number of nitrogens with one attached hydrogen (secondary N) is 1. The highest BCUT2D eigenvalue weighted by atomic mass is 15.3. The third kappa shape index (κ3) is 2.68. The van der Waals surface area contributed by atoms with Gasteiger partial charge < -0.3 is 5.32 Å². The van der Waals surface area contributed by atoms with Gasteiger partial charge in [-0.1, -0.05) is 33.1 Å². The van der Waals surface area contributed by atoms with Crippen LogP contribution < -0.4 is 5.32 Å². The van der Waals surface area contributed by atoms with E-state index < -0.39 is 0 Å². The van der Waals surface area contributed by atoms with Crippen molar-refractivity contribution in [2.24, 2.45) is 0 Å². The van der Waals surface area contributed by atoms with E-state index in [1.807, 2.05) is 0 Å². The topological polar surface area (TPSA) is 15.3 Å². The number of nitrogens with zero attached hydrogens (tertiary/aromatic N) is 1. The minimum Gasteiger partial charge on any atom is -0.308 e. The SMILES string of the molecule is CCCCN1CC(C)(CC)NCC12CCCC2. The summed E-state index contributed by atoms with van der Waals surface area (Å²) in [5.41, 5.74) is 0.866. The summed E-state index contributed by atoms with van der Waals surface area (Å²) in [7, 11) is 0. The fourth-order valence-corrected chi connectivity index (χ4v) is 3.56. The van der Waals surface area contributed by atoms with Crippen molar-refractivity contribution in [3.8, 4) is 0 Å². The Morgan fingerprint density at radius 3 is 2.47 bits per heavy atom. The second-order valence-corrected chi connectivity index (χ2v) is 6.47. The highest BCUT2D eigenvalue weighted by molar-refractivity contribution is 5.05. The summed E-state index contributed by atoms with van der Waals surface area (Å²) in [5.74, 6) is 0. The molecule has 2 nitrogen and oxygen atoms in total.